The first-order chi connectivity index (χ1) is 8.65. The SMILES string of the molecule is O=C(NN=Cc1ccc(F)cc1)c1ccc(Br)o1. The standard InChI is InChI=1S/C12H8BrFN2O2/c13-11-6-5-10(18-11)12(17)16-15-7-8-1-3-9(14)4-2-8/h1-7H,(H,16,17). The Morgan fingerprint density at radius 2 is 2.00 bits per heavy atom. The Balaban J connectivity index is 1.95. The first-order valence-corrected chi connectivity index (χ1v) is 5.79. The van der Waals surface area contributed by atoms with Crippen LogP contribution in [-0.2, 0) is 0 Å². The van der Waals surface area contributed by atoms with Crippen molar-refractivity contribution in [2.45, 2.75) is 0 Å². The van der Waals surface area contributed by atoms with Gasteiger partial charge in [0.15, 0.2) is 10.4 Å². The number of hydrazone groups is 1. The maximum atomic E-state index is 12.6. The Bertz CT molecular complexity index is 578. The van der Waals surface area contributed by atoms with Gasteiger partial charge in [-0.05, 0) is 45.8 Å². The van der Waals surface area contributed by atoms with Crippen LogP contribution in [0.5, 0.6) is 0 Å². The van der Waals surface area contributed by atoms with Crippen LogP contribution in [0.15, 0.2) is 50.6 Å². The highest BCUT2D eigenvalue weighted by molar-refractivity contribution is 9.10. The van der Waals surface area contributed by atoms with E-state index in [1.165, 1.54) is 24.4 Å². The first kappa shape index (κ1) is 12.5. The second-order valence-corrected chi connectivity index (χ2v) is 4.14. The summed E-state index contributed by atoms with van der Waals surface area (Å²) in [5.74, 6) is -0.631. The molecule has 0 aliphatic heterocycles. The Morgan fingerprint density at radius 3 is 2.61 bits per heavy atom. The molecule has 2 rings (SSSR count). The Morgan fingerprint density at radius 1 is 1.28 bits per heavy atom. The molecule has 0 saturated heterocycles. The number of nitrogens with one attached hydrogen (secondary N) is 1. The minimum absolute atomic E-state index is 0.151. The number of benzene rings is 1. The van der Waals surface area contributed by atoms with Gasteiger partial charge in [-0.25, -0.2) is 9.82 Å². The summed E-state index contributed by atoms with van der Waals surface area (Å²) in [4.78, 5) is 11.5. The molecule has 0 radical (unpaired) electrons. The second-order valence-electron chi connectivity index (χ2n) is 3.35. The number of rotatable bonds is 3. The second kappa shape index (κ2) is 5.59. The minimum atomic E-state index is -0.459. The van der Waals surface area contributed by atoms with Crippen LogP contribution < -0.4 is 5.43 Å². The summed E-state index contributed by atoms with van der Waals surface area (Å²) in [5, 5.41) is 3.73. The van der Waals surface area contributed by atoms with Gasteiger partial charge in [0.05, 0.1) is 6.21 Å². The smallest absolute Gasteiger partial charge is 0.307 e. The summed E-state index contributed by atoms with van der Waals surface area (Å²) >= 11 is 3.09. The molecule has 0 aliphatic carbocycles. The van der Waals surface area contributed by atoms with E-state index >= 15 is 0 Å². The average Bonchev–Trinajstić information content (AvgIpc) is 2.78. The zero-order valence-corrected chi connectivity index (χ0v) is 10.6. The number of carbonyl (C=O) groups excluding carboxylic acids is 1. The van der Waals surface area contributed by atoms with Crippen molar-refractivity contribution in [1.29, 1.82) is 0 Å². The molecule has 1 aromatic carbocycles. The Kier molecular flexibility index (Phi) is 3.88. The monoisotopic (exact) mass is 310 g/mol. The molecule has 0 bridgehead atoms. The molecule has 0 fully saturated rings. The third kappa shape index (κ3) is 3.27. The Labute approximate surface area is 111 Å². The molecular weight excluding hydrogens is 303 g/mol. The maximum absolute atomic E-state index is 12.6. The number of carbonyl (C=O) groups is 1. The van der Waals surface area contributed by atoms with Crippen LogP contribution in [-0.4, -0.2) is 12.1 Å². The molecule has 1 amide bonds. The molecule has 92 valence electrons. The van der Waals surface area contributed by atoms with E-state index in [0.717, 1.165) is 0 Å². The summed E-state index contributed by atoms with van der Waals surface area (Å²) in [6.07, 6.45) is 1.41. The highest BCUT2D eigenvalue weighted by Gasteiger charge is 2.08. The summed E-state index contributed by atoms with van der Waals surface area (Å²) in [6, 6.07) is 8.86. The molecule has 1 heterocycles. The topological polar surface area (TPSA) is 54.6 Å². The van der Waals surface area contributed by atoms with Gasteiger partial charge < -0.3 is 4.42 Å². The molecular formula is C12H8BrFN2O2. The van der Waals surface area contributed by atoms with Crippen molar-refractivity contribution >= 4 is 28.1 Å². The average molecular weight is 311 g/mol. The molecule has 18 heavy (non-hydrogen) atoms. The lowest BCUT2D eigenvalue weighted by Gasteiger charge is -1.95. The van der Waals surface area contributed by atoms with Gasteiger partial charge in [0.1, 0.15) is 5.82 Å². The zero-order chi connectivity index (χ0) is 13.0. The fraction of sp³-hybridized carbons (Fsp3) is 0. The van der Waals surface area contributed by atoms with E-state index in [0.29, 0.717) is 10.2 Å². The predicted molar refractivity (Wildman–Crippen MR) is 67.9 cm³/mol. The van der Waals surface area contributed by atoms with Crippen molar-refractivity contribution in [1.82, 2.24) is 5.43 Å². The number of furan rings is 1. The van der Waals surface area contributed by atoms with Crippen molar-refractivity contribution in [3.8, 4) is 0 Å². The van der Waals surface area contributed by atoms with Crippen molar-refractivity contribution in [2.24, 2.45) is 5.10 Å². The number of hydrogen-bond acceptors (Lipinski definition) is 3. The van der Waals surface area contributed by atoms with E-state index < -0.39 is 5.91 Å². The van der Waals surface area contributed by atoms with Gasteiger partial charge in [0, 0.05) is 0 Å². The van der Waals surface area contributed by atoms with Crippen LogP contribution in [0.3, 0.4) is 0 Å². The third-order valence-electron chi connectivity index (χ3n) is 2.05. The van der Waals surface area contributed by atoms with Crippen LogP contribution in [0.2, 0.25) is 0 Å². The lowest BCUT2D eigenvalue weighted by molar-refractivity contribution is 0.0926. The van der Waals surface area contributed by atoms with Crippen molar-refractivity contribution in [3.05, 3.63) is 58.2 Å². The van der Waals surface area contributed by atoms with Crippen LogP contribution in [0, 0.1) is 5.82 Å². The van der Waals surface area contributed by atoms with E-state index in [2.05, 4.69) is 26.5 Å². The molecule has 0 aliphatic rings. The minimum Gasteiger partial charge on any atom is -0.444 e. The van der Waals surface area contributed by atoms with Gasteiger partial charge in [-0.1, -0.05) is 12.1 Å². The van der Waals surface area contributed by atoms with E-state index in [9.17, 15) is 9.18 Å². The molecule has 4 nitrogen and oxygen atoms in total. The summed E-state index contributed by atoms with van der Waals surface area (Å²) in [6.45, 7) is 0. The highest BCUT2D eigenvalue weighted by atomic mass is 79.9. The van der Waals surface area contributed by atoms with Gasteiger partial charge in [-0.2, -0.15) is 5.10 Å². The van der Waals surface area contributed by atoms with E-state index in [1.54, 1.807) is 18.2 Å². The number of hydrogen-bond donors (Lipinski definition) is 1. The predicted octanol–water partition coefficient (Wildman–Crippen LogP) is 2.95. The van der Waals surface area contributed by atoms with Gasteiger partial charge in [0.2, 0.25) is 0 Å². The first-order valence-electron chi connectivity index (χ1n) is 4.99. The lowest BCUT2D eigenvalue weighted by Crippen LogP contribution is -2.16. The molecule has 1 N–H and O–H groups in total. The van der Waals surface area contributed by atoms with E-state index in [4.69, 9.17) is 4.42 Å². The van der Waals surface area contributed by atoms with Gasteiger partial charge in [-0.15, -0.1) is 0 Å². The van der Waals surface area contributed by atoms with Gasteiger partial charge >= 0.3 is 5.91 Å². The number of amides is 1. The van der Waals surface area contributed by atoms with Crippen LogP contribution in [0.1, 0.15) is 16.1 Å². The summed E-state index contributed by atoms with van der Waals surface area (Å²) in [5.41, 5.74) is 2.98. The number of nitrogens with zero attached hydrogens (tertiary/aromatic N) is 1. The van der Waals surface area contributed by atoms with Crippen LogP contribution in [0.25, 0.3) is 0 Å². The molecule has 0 unspecified atom stereocenters. The van der Waals surface area contributed by atoms with Crippen molar-refractivity contribution in [2.75, 3.05) is 0 Å². The molecule has 6 heteroatoms. The quantitative estimate of drug-likeness (QED) is 0.700. The van der Waals surface area contributed by atoms with Gasteiger partial charge in [-0.3, -0.25) is 4.79 Å². The molecule has 0 saturated carbocycles. The van der Waals surface area contributed by atoms with E-state index in [-0.39, 0.29) is 11.6 Å². The van der Waals surface area contributed by atoms with E-state index in [1.807, 2.05) is 0 Å². The highest BCUT2D eigenvalue weighted by Crippen LogP contribution is 2.13. The van der Waals surface area contributed by atoms with Crippen LogP contribution in [0.4, 0.5) is 4.39 Å². The van der Waals surface area contributed by atoms with Crippen molar-refractivity contribution < 1.29 is 13.6 Å². The fourth-order valence-electron chi connectivity index (χ4n) is 1.21. The lowest BCUT2D eigenvalue weighted by atomic mass is 10.2. The summed E-state index contributed by atoms with van der Waals surface area (Å²) in [7, 11) is 0. The van der Waals surface area contributed by atoms with Crippen LogP contribution >= 0.6 is 15.9 Å². The largest absolute Gasteiger partial charge is 0.444 e. The molecule has 2 aromatic rings. The molecule has 1 aromatic heterocycles. The zero-order valence-electron chi connectivity index (χ0n) is 9.06. The summed E-state index contributed by atoms with van der Waals surface area (Å²) < 4.78 is 18.1. The Hall–Kier alpha value is -1.95. The van der Waals surface area contributed by atoms with Gasteiger partial charge in [0.25, 0.3) is 0 Å². The third-order valence-corrected chi connectivity index (χ3v) is 2.47. The maximum Gasteiger partial charge on any atom is 0.307 e. The number of halogens is 2. The van der Waals surface area contributed by atoms with Crippen molar-refractivity contribution in [3.63, 3.8) is 0 Å². The normalized spacial score (nSPS) is 10.8. The molecule has 0 atom stereocenters. The fourth-order valence-corrected chi connectivity index (χ4v) is 1.51. The molecule has 0 spiro atoms.